The lowest BCUT2D eigenvalue weighted by molar-refractivity contribution is -0.281. The fourth-order valence-electron chi connectivity index (χ4n) is 2.11. The molecule has 1 aromatic carbocycles. The van der Waals surface area contributed by atoms with Crippen LogP contribution in [0.15, 0.2) is 24.3 Å². The minimum Gasteiger partial charge on any atom is -0.462 e. The third kappa shape index (κ3) is 3.02. The molecule has 1 aromatic rings. The average Bonchev–Trinajstić information content (AvgIpc) is 2.45. The molecule has 20 heavy (non-hydrogen) atoms. The lowest BCUT2D eigenvalue weighted by atomic mass is 9.99. The van der Waals surface area contributed by atoms with E-state index in [9.17, 15) is 15.3 Å². The molecule has 1 aliphatic rings. The highest BCUT2D eigenvalue weighted by molar-refractivity contribution is 5.41. The van der Waals surface area contributed by atoms with Gasteiger partial charge in [-0.3, -0.25) is 0 Å². The molecule has 0 radical (unpaired) electrons. The molecule has 5 atom stereocenters. The zero-order chi connectivity index (χ0) is 14.7. The van der Waals surface area contributed by atoms with Crippen molar-refractivity contribution in [2.24, 2.45) is 0 Å². The molecule has 7 heteroatoms. The largest absolute Gasteiger partial charge is 0.462 e. The molecule has 5 N–H and O–H groups in total. The van der Waals surface area contributed by atoms with E-state index in [2.05, 4.69) is 0 Å². The number of nitrogens with two attached hydrogens (primary N) is 1. The molecular formula is C13H19NO6. The van der Waals surface area contributed by atoms with E-state index in [1.165, 1.54) is 7.11 Å². The van der Waals surface area contributed by atoms with Crippen LogP contribution in [0.25, 0.3) is 0 Å². The fourth-order valence-corrected chi connectivity index (χ4v) is 2.11. The van der Waals surface area contributed by atoms with Crippen molar-refractivity contribution in [2.45, 2.75) is 30.7 Å². The first-order valence-corrected chi connectivity index (χ1v) is 6.24. The van der Waals surface area contributed by atoms with Gasteiger partial charge in [0.15, 0.2) is 0 Å². The van der Waals surface area contributed by atoms with E-state index in [0.717, 1.165) is 0 Å². The van der Waals surface area contributed by atoms with E-state index < -0.39 is 37.3 Å². The molecule has 1 heterocycles. The second kappa shape index (κ2) is 6.38. The molecule has 0 unspecified atom stereocenters. The summed E-state index contributed by atoms with van der Waals surface area (Å²) in [6, 6.07) is 6.56. The van der Waals surface area contributed by atoms with Gasteiger partial charge in [-0.25, -0.2) is 0 Å². The van der Waals surface area contributed by atoms with Crippen LogP contribution in [0.3, 0.4) is 0 Å². The molecular weight excluding hydrogens is 266 g/mol. The van der Waals surface area contributed by atoms with E-state index in [4.69, 9.17) is 19.9 Å². The Morgan fingerprint density at radius 2 is 1.85 bits per heavy atom. The highest BCUT2D eigenvalue weighted by atomic mass is 16.7. The first-order chi connectivity index (χ1) is 9.56. The zero-order valence-corrected chi connectivity index (χ0v) is 11.0. The third-order valence-electron chi connectivity index (χ3n) is 3.23. The summed E-state index contributed by atoms with van der Waals surface area (Å²) in [7, 11) is 1.36. The van der Waals surface area contributed by atoms with Gasteiger partial charge >= 0.3 is 0 Å². The van der Waals surface area contributed by atoms with E-state index in [-0.39, 0.29) is 0 Å². The molecule has 0 spiro atoms. The normalized spacial score (nSPS) is 33.9. The molecule has 1 saturated heterocycles. The van der Waals surface area contributed by atoms with Crippen LogP contribution in [0.2, 0.25) is 0 Å². The molecule has 0 aromatic heterocycles. The Hall–Kier alpha value is -1.38. The smallest absolute Gasteiger partial charge is 0.229 e. The number of benzene rings is 1. The second-order valence-corrected chi connectivity index (χ2v) is 4.59. The number of aliphatic hydroxyl groups is 3. The van der Waals surface area contributed by atoms with E-state index in [1.54, 1.807) is 24.3 Å². The number of aliphatic hydroxyl groups excluding tert-OH is 3. The molecule has 2 rings (SSSR count). The van der Waals surface area contributed by atoms with Crippen LogP contribution in [0.1, 0.15) is 0 Å². The van der Waals surface area contributed by atoms with Crippen molar-refractivity contribution in [3.05, 3.63) is 24.3 Å². The average molecular weight is 285 g/mol. The summed E-state index contributed by atoms with van der Waals surface area (Å²) in [6.45, 7) is -0.407. The van der Waals surface area contributed by atoms with Gasteiger partial charge in [-0.2, -0.15) is 0 Å². The Labute approximate surface area is 116 Å². The number of nitrogen functional groups attached to an aromatic ring is 1. The Kier molecular flexibility index (Phi) is 4.79. The summed E-state index contributed by atoms with van der Waals surface area (Å²) in [4.78, 5) is 0. The van der Waals surface area contributed by atoms with Crippen molar-refractivity contribution < 1.29 is 29.5 Å². The van der Waals surface area contributed by atoms with Crippen LogP contribution in [0, 0.1) is 0 Å². The zero-order valence-electron chi connectivity index (χ0n) is 11.0. The number of methoxy groups -OCH3 is 1. The maximum absolute atomic E-state index is 10.1. The third-order valence-corrected chi connectivity index (χ3v) is 3.23. The van der Waals surface area contributed by atoms with Crippen LogP contribution in [-0.2, 0) is 9.47 Å². The van der Waals surface area contributed by atoms with Crippen LogP contribution in [0.5, 0.6) is 5.75 Å². The molecule has 0 aliphatic carbocycles. The predicted molar refractivity (Wildman–Crippen MR) is 70.0 cm³/mol. The maximum atomic E-state index is 10.1. The Bertz CT molecular complexity index is 425. The predicted octanol–water partition coefficient (Wildman–Crippen LogP) is -0.898. The highest BCUT2D eigenvalue weighted by Gasteiger charge is 2.45. The minimum absolute atomic E-state index is 0.407. The number of ether oxygens (including phenoxy) is 3. The molecule has 7 nitrogen and oxygen atoms in total. The molecule has 0 amide bonds. The summed E-state index contributed by atoms with van der Waals surface area (Å²) in [5.74, 6) is 0.450. The minimum atomic E-state index is -1.18. The van der Waals surface area contributed by atoms with Crippen LogP contribution >= 0.6 is 0 Å². The number of anilines is 1. The molecule has 0 bridgehead atoms. The standard InChI is InChI=1S/C13H19NO6/c1-18-12-10(16)9(6-15)20-13(11(12)17)19-8-4-2-7(14)3-5-8/h2-5,9-13,15-17H,6,14H2,1H3/t9-,10-,11+,12+,13+/m1/s1. The van der Waals surface area contributed by atoms with Gasteiger partial charge in [0.1, 0.15) is 30.2 Å². The van der Waals surface area contributed by atoms with Crippen molar-refractivity contribution >= 4 is 5.69 Å². The summed E-state index contributed by atoms with van der Waals surface area (Å²) in [6.07, 6.45) is -5.16. The second-order valence-electron chi connectivity index (χ2n) is 4.59. The fraction of sp³-hybridized carbons (Fsp3) is 0.538. The highest BCUT2D eigenvalue weighted by Crippen LogP contribution is 2.26. The Balaban J connectivity index is 2.11. The lowest BCUT2D eigenvalue weighted by Crippen LogP contribution is -2.60. The summed E-state index contributed by atoms with van der Waals surface area (Å²) in [5, 5.41) is 29.2. The van der Waals surface area contributed by atoms with Gasteiger partial charge in [0, 0.05) is 12.8 Å². The first kappa shape index (κ1) is 15.0. The van der Waals surface area contributed by atoms with Crippen LogP contribution in [0.4, 0.5) is 5.69 Å². The van der Waals surface area contributed by atoms with Gasteiger partial charge in [0.05, 0.1) is 6.61 Å². The van der Waals surface area contributed by atoms with E-state index in [0.29, 0.717) is 11.4 Å². The van der Waals surface area contributed by atoms with Gasteiger partial charge in [-0.05, 0) is 24.3 Å². The molecule has 1 aliphatic heterocycles. The van der Waals surface area contributed by atoms with Crippen LogP contribution < -0.4 is 10.5 Å². The monoisotopic (exact) mass is 285 g/mol. The van der Waals surface area contributed by atoms with Crippen molar-refractivity contribution in [1.82, 2.24) is 0 Å². The van der Waals surface area contributed by atoms with E-state index in [1.807, 2.05) is 0 Å². The maximum Gasteiger partial charge on any atom is 0.229 e. The first-order valence-electron chi connectivity index (χ1n) is 6.24. The van der Waals surface area contributed by atoms with Crippen LogP contribution in [-0.4, -0.2) is 59.7 Å². The van der Waals surface area contributed by atoms with Crippen molar-refractivity contribution in [1.29, 1.82) is 0 Å². The summed E-state index contributed by atoms with van der Waals surface area (Å²) >= 11 is 0. The molecule has 0 saturated carbocycles. The van der Waals surface area contributed by atoms with E-state index >= 15 is 0 Å². The summed E-state index contributed by atoms with van der Waals surface area (Å²) < 4.78 is 15.9. The number of rotatable bonds is 4. The van der Waals surface area contributed by atoms with Gasteiger partial charge < -0.3 is 35.3 Å². The quantitative estimate of drug-likeness (QED) is 0.530. The number of hydrogen-bond donors (Lipinski definition) is 4. The Morgan fingerprint density at radius 1 is 1.20 bits per heavy atom. The lowest BCUT2D eigenvalue weighted by Gasteiger charge is -2.41. The van der Waals surface area contributed by atoms with Gasteiger partial charge in [0.2, 0.25) is 6.29 Å². The van der Waals surface area contributed by atoms with Crippen molar-refractivity contribution in [3.8, 4) is 5.75 Å². The van der Waals surface area contributed by atoms with Gasteiger partial charge in [-0.1, -0.05) is 0 Å². The van der Waals surface area contributed by atoms with Crippen molar-refractivity contribution in [2.75, 3.05) is 19.5 Å². The molecule has 112 valence electrons. The topological polar surface area (TPSA) is 114 Å². The SMILES string of the molecule is CO[C@@H]1[C@H](O)[C@@H](Oc2ccc(N)cc2)O[C@H](CO)[C@H]1O. The number of hydrogen-bond acceptors (Lipinski definition) is 7. The molecule has 1 fully saturated rings. The Morgan fingerprint density at radius 3 is 2.40 bits per heavy atom. The van der Waals surface area contributed by atoms with Gasteiger partial charge in [0.25, 0.3) is 0 Å². The summed E-state index contributed by atoms with van der Waals surface area (Å²) in [5.41, 5.74) is 6.15. The van der Waals surface area contributed by atoms with Gasteiger partial charge in [-0.15, -0.1) is 0 Å². The van der Waals surface area contributed by atoms with Crippen molar-refractivity contribution in [3.63, 3.8) is 0 Å².